The maximum Gasteiger partial charge on any atom is 0.301 e. The number of aliphatic hydroxyl groups excluding tert-OH is 1. The Morgan fingerprint density at radius 2 is 1.88 bits per heavy atom. The van der Waals surface area contributed by atoms with Gasteiger partial charge in [0.05, 0.1) is 15.8 Å². The number of ether oxygens (including phenoxy) is 2. The topological polar surface area (TPSA) is 89.0 Å². The number of rotatable bonds is 3. The fraction of sp³-hybridized carbons (Fsp3) is 0.0870. The fourth-order valence-corrected chi connectivity index (χ4v) is 5.78. The minimum Gasteiger partial charge on any atom is -0.507 e. The summed E-state index contributed by atoms with van der Waals surface area (Å²) in [5.74, 6) is -3.38. The van der Waals surface area contributed by atoms with E-state index in [-0.39, 0.29) is 34.3 Å². The van der Waals surface area contributed by atoms with E-state index in [0.717, 1.165) is 28.4 Å². The molecule has 2 aromatic heterocycles. The number of carbonyl (C=O) groups excluding carboxylic acids is 2. The minimum absolute atomic E-state index is 0.0396. The number of hydrogen-bond donors (Lipinski definition) is 1. The van der Waals surface area contributed by atoms with Gasteiger partial charge in [0.25, 0.3) is 5.78 Å². The molecule has 2 aliphatic heterocycles. The molecule has 0 radical (unpaired) electrons. The number of aliphatic hydroxyl groups is 1. The Morgan fingerprint density at radius 1 is 1.09 bits per heavy atom. The Balaban J connectivity index is 1.53. The van der Waals surface area contributed by atoms with Gasteiger partial charge < -0.3 is 14.6 Å². The quantitative estimate of drug-likeness (QED) is 0.243. The highest BCUT2D eigenvalue weighted by Gasteiger charge is 2.48. The van der Waals surface area contributed by atoms with E-state index in [1.54, 1.807) is 29.6 Å². The third-order valence-electron chi connectivity index (χ3n) is 5.53. The van der Waals surface area contributed by atoms with Crippen molar-refractivity contribution >= 4 is 55.5 Å². The van der Waals surface area contributed by atoms with Crippen molar-refractivity contribution in [2.75, 3.05) is 11.7 Å². The van der Waals surface area contributed by atoms with Crippen LogP contribution in [0.1, 0.15) is 16.5 Å². The van der Waals surface area contributed by atoms with Gasteiger partial charge in [-0.15, -0.1) is 11.3 Å². The number of carbonyl (C=O) groups is 2. The molecule has 2 aliphatic rings. The Labute approximate surface area is 198 Å². The van der Waals surface area contributed by atoms with E-state index < -0.39 is 29.4 Å². The van der Waals surface area contributed by atoms with Crippen LogP contribution in [0, 0.1) is 11.6 Å². The molecule has 170 valence electrons. The average Bonchev–Trinajstić information content (AvgIpc) is 3.60. The van der Waals surface area contributed by atoms with Crippen LogP contribution in [0.3, 0.4) is 0 Å². The van der Waals surface area contributed by atoms with Crippen LogP contribution in [-0.2, 0) is 9.59 Å². The van der Waals surface area contributed by atoms with Crippen molar-refractivity contribution in [3.8, 4) is 11.5 Å². The lowest BCUT2D eigenvalue weighted by molar-refractivity contribution is -0.132. The zero-order valence-electron chi connectivity index (χ0n) is 17.0. The standard InChI is InChI=1S/C23H12F2N2O5S2/c24-11-7-13-17(8-12(11)25)34-23(26-13)27-19(16-2-1-5-33-16)18(21(29)22(27)30)20(28)10-3-4-14-15(6-10)32-9-31-14/h1-8,19,28H,9H2/b20-18+. The highest BCUT2D eigenvalue weighted by Crippen LogP contribution is 2.46. The number of Topliss-reactive ketones (excluding diaryl/α,β-unsaturated/α-hetero) is 1. The van der Waals surface area contributed by atoms with Crippen molar-refractivity contribution in [2.45, 2.75) is 6.04 Å². The molecule has 1 amide bonds. The number of aromatic nitrogens is 1. The first kappa shape index (κ1) is 20.8. The summed E-state index contributed by atoms with van der Waals surface area (Å²) >= 11 is 2.24. The normalized spacial score (nSPS) is 18.9. The zero-order valence-corrected chi connectivity index (χ0v) is 18.6. The van der Waals surface area contributed by atoms with Crippen molar-refractivity contribution in [3.05, 3.63) is 75.5 Å². The van der Waals surface area contributed by atoms with E-state index in [1.165, 1.54) is 17.4 Å². The van der Waals surface area contributed by atoms with Gasteiger partial charge in [-0.3, -0.25) is 14.5 Å². The average molecular weight is 498 g/mol. The Kier molecular flexibility index (Phi) is 4.64. The van der Waals surface area contributed by atoms with Crippen molar-refractivity contribution in [3.63, 3.8) is 0 Å². The molecule has 2 aromatic carbocycles. The molecule has 34 heavy (non-hydrogen) atoms. The van der Waals surface area contributed by atoms with Crippen LogP contribution < -0.4 is 14.4 Å². The predicted molar refractivity (Wildman–Crippen MR) is 121 cm³/mol. The molecule has 6 rings (SSSR count). The highest BCUT2D eigenvalue weighted by molar-refractivity contribution is 7.22. The Morgan fingerprint density at radius 3 is 2.68 bits per heavy atom. The number of benzene rings is 2. The molecule has 0 spiro atoms. The van der Waals surface area contributed by atoms with E-state index in [2.05, 4.69) is 4.98 Å². The van der Waals surface area contributed by atoms with E-state index in [4.69, 9.17) is 9.47 Å². The molecule has 4 heterocycles. The number of amides is 1. The maximum absolute atomic E-state index is 13.7. The smallest absolute Gasteiger partial charge is 0.301 e. The van der Waals surface area contributed by atoms with Crippen LogP contribution >= 0.6 is 22.7 Å². The van der Waals surface area contributed by atoms with Gasteiger partial charge in [0.1, 0.15) is 11.8 Å². The van der Waals surface area contributed by atoms with Crippen LogP contribution in [0.25, 0.3) is 16.0 Å². The molecule has 0 aliphatic carbocycles. The summed E-state index contributed by atoms with van der Waals surface area (Å²) in [7, 11) is 0. The van der Waals surface area contributed by atoms with Gasteiger partial charge in [-0.05, 0) is 35.7 Å². The Hall–Kier alpha value is -3.83. The molecule has 1 unspecified atom stereocenters. The lowest BCUT2D eigenvalue weighted by atomic mass is 9.99. The molecule has 0 bridgehead atoms. The number of halogens is 2. The molecular weight excluding hydrogens is 486 g/mol. The number of ketones is 1. The summed E-state index contributed by atoms with van der Waals surface area (Å²) in [6, 6.07) is 9.14. The summed E-state index contributed by atoms with van der Waals surface area (Å²) in [5.41, 5.74) is 0.307. The number of nitrogens with zero attached hydrogens (tertiary/aromatic N) is 2. The minimum atomic E-state index is -1.07. The second-order valence-corrected chi connectivity index (χ2v) is 9.47. The lowest BCUT2D eigenvalue weighted by Crippen LogP contribution is -2.28. The predicted octanol–water partition coefficient (Wildman–Crippen LogP) is 4.99. The monoisotopic (exact) mass is 498 g/mol. The molecule has 0 saturated carbocycles. The number of fused-ring (bicyclic) bond motifs is 2. The van der Waals surface area contributed by atoms with Gasteiger partial charge in [-0.2, -0.15) is 0 Å². The third kappa shape index (κ3) is 3.08. The first-order valence-electron chi connectivity index (χ1n) is 9.92. The van der Waals surface area contributed by atoms with Crippen LogP contribution in [0.5, 0.6) is 11.5 Å². The second kappa shape index (κ2) is 7.61. The lowest BCUT2D eigenvalue weighted by Gasteiger charge is -2.21. The van der Waals surface area contributed by atoms with E-state index in [0.29, 0.717) is 21.1 Å². The number of thiophene rings is 1. The largest absolute Gasteiger partial charge is 0.507 e. The van der Waals surface area contributed by atoms with E-state index in [9.17, 15) is 23.5 Å². The van der Waals surface area contributed by atoms with Crippen LogP contribution in [0.2, 0.25) is 0 Å². The van der Waals surface area contributed by atoms with E-state index in [1.807, 2.05) is 0 Å². The number of anilines is 1. The molecule has 7 nitrogen and oxygen atoms in total. The molecule has 4 aromatic rings. The summed E-state index contributed by atoms with van der Waals surface area (Å²) in [6.07, 6.45) is 0. The summed E-state index contributed by atoms with van der Waals surface area (Å²) in [4.78, 5) is 32.4. The maximum atomic E-state index is 13.7. The number of thiazole rings is 1. The van der Waals surface area contributed by atoms with Gasteiger partial charge in [0.2, 0.25) is 6.79 Å². The molecule has 11 heteroatoms. The van der Waals surface area contributed by atoms with Gasteiger partial charge in [-0.1, -0.05) is 17.4 Å². The third-order valence-corrected chi connectivity index (χ3v) is 7.47. The van der Waals surface area contributed by atoms with Crippen molar-refractivity contribution in [2.24, 2.45) is 0 Å². The van der Waals surface area contributed by atoms with Crippen molar-refractivity contribution in [1.82, 2.24) is 4.98 Å². The van der Waals surface area contributed by atoms with Gasteiger partial charge in [-0.25, -0.2) is 13.8 Å². The highest BCUT2D eigenvalue weighted by atomic mass is 32.1. The fourth-order valence-electron chi connectivity index (χ4n) is 3.96. The van der Waals surface area contributed by atoms with Crippen molar-refractivity contribution < 1.29 is 33.0 Å². The molecule has 1 atom stereocenters. The molecule has 1 fully saturated rings. The summed E-state index contributed by atoms with van der Waals surface area (Å²) in [6.45, 7) is 0.0396. The molecule has 1 N–H and O–H groups in total. The van der Waals surface area contributed by atoms with E-state index >= 15 is 0 Å². The van der Waals surface area contributed by atoms with Crippen LogP contribution in [0.15, 0.2) is 53.4 Å². The SMILES string of the molecule is O=C1C(=O)N(c2nc3cc(F)c(F)cc3s2)C(c2cccs2)/C1=C(\O)c1ccc2c(c1)OCO2. The molecule has 1 saturated heterocycles. The van der Waals surface area contributed by atoms with Crippen LogP contribution in [0.4, 0.5) is 13.9 Å². The second-order valence-electron chi connectivity index (χ2n) is 7.48. The van der Waals surface area contributed by atoms with Gasteiger partial charge in [0.15, 0.2) is 28.3 Å². The molecular formula is C23H12F2N2O5S2. The Bertz CT molecular complexity index is 1490. The van der Waals surface area contributed by atoms with Gasteiger partial charge >= 0.3 is 5.91 Å². The first-order valence-corrected chi connectivity index (χ1v) is 11.6. The van der Waals surface area contributed by atoms with Crippen LogP contribution in [-0.4, -0.2) is 28.6 Å². The van der Waals surface area contributed by atoms with Gasteiger partial charge in [0, 0.05) is 16.5 Å². The summed E-state index contributed by atoms with van der Waals surface area (Å²) < 4.78 is 38.4. The zero-order chi connectivity index (χ0) is 23.6. The van der Waals surface area contributed by atoms with Crippen molar-refractivity contribution in [1.29, 1.82) is 0 Å². The number of hydrogen-bond acceptors (Lipinski definition) is 8. The summed E-state index contributed by atoms with van der Waals surface area (Å²) in [5, 5.41) is 13.0. The first-order chi connectivity index (χ1) is 16.4.